The van der Waals surface area contributed by atoms with E-state index >= 15 is 0 Å². The van der Waals surface area contributed by atoms with Gasteiger partial charge in [-0.1, -0.05) is 19.9 Å². The minimum atomic E-state index is 0.00908. The summed E-state index contributed by atoms with van der Waals surface area (Å²) in [7, 11) is 1.62. The number of amides is 1. The maximum Gasteiger partial charge on any atom is 0.254 e. The Kier molecular flexibility index (Phi) is 4.51. The van der Waals surface area contributed by atoms with E-state index in [4.69, 9.17) is 4.74 Å². The number of carbonyl (C=O) groups is 1. The van der Waals surface area contributed by atoms with Gasteiger partial charge in [-0.15, -0.1) is 0 Å². The summed E-state index contributed by atoms with van der Waals surface area (Å²) >= 11 is 0. The van der Waals surface area contributed by atoms with Gasteiger partial charge in [-0.3, -0.25) is 4.79 Å². The smallest absolute Gasteiger partial charge is 0.254 e. The first-order chi connectivity index (χ1) is 11.5. The van der Waals surface area contributed by atoms with Crippen LogP contribution in [0, 0.1) is 12.8 Å². The highest BCUT2D eigenvalue weighted by Gasteiger charge is 2.27. The van der Waals surface area contributed by atoms with Crippen molar-refractivity contribution in [3.63, 3.8) is 0 Å². The van der Waals surface area contributed by atoms with Crippen molar-refractivity contribution in [3.05, 3.63) is 52.6 Å². The van der Waals surface area contributed by atoms with Crippen molar-refractivity contribution in [1.82, 2.24) is 14.9 Å². The third kappa shape index (κ3) is 3.11. The summed E-state index contributed by atoms with van der Waals surface area (Å²) in [5.74, 6) is 2.11. The van der Waals surface area contributed by atoms with Gasteiger partial charge >= 0.3 is 0 Å². The molecule has 126 valence electrons. The molecule has 1 aliphatic rings. The molecule has 3 rings (SSSR count). The van der Waals surface area contributed by atoms with Crippen molar-refractivity contribution >= 4 is 5.91 Å². The van der Waals surface area contributed by atoms with Gasteiger partial charge in [0, 0.05) is 35.9 Å². The lowest BCUT2D eigenvalue weighted by Crippen LogP contribution is -2.26. The monoisotopic (exact) mass is 325 g/mol. The van der Waals surface area contributed by atoms with Crippen LogP contribution < -0.4 is 4.74 Å². The molecule has 1 aliphatic heterocycles. The van der Waals surface area contributed by atoms with Gasteiger partial charge < -0.3 is 9.64 Å². The fraction of sp³-hybridized carbons (Fsp3) is 0.421. The second-order valence-electron chi connectivity index (χ2n) is 6.65. The first-order valence-electron chi connectivity index (χ1n) is 8.26. The zero-order valence-corrected chi connectivity index (χ0v) is 14.7. The molecule has 0 atom stereocenters. The number of hydrogen-bond donors (Lipinski definition) is 0. The molecule has 5 nitrogen and oxygen atoms in total. The molecule has 5 heteroatoms. The minimum absolute atomic E-state index is 0.00908. The van der Waals surface area contributed by atoms with E-state index in [9.17, 15) is 4.79 Å². The lowest BCUT2D eigenvalue weighted by atomic mass is 10.1. The van der Waals surface area contributed by atoms with Crippen molar-refractivity contribution in [3.8, 4) is 5.75 Å². The van der Waals surface area contributed by atoms with Crippen LogP contribution in [0.1, 0.15) is 46.9 Å². The van der Waals surface area contributed by atoms with Crippen LogP contribution in [0.25, 0.3) is 0 Å². The number of nitrogens with zero attached hydrogens (tertiary/aromatic N) is 3. The Bertz CT molecular complexity index is 771. The van der Waals surface area contributed by atoms with Crippen LogP contribution in [0.15, 0.2) is 24.4 Å². The lowest BCUT2D eigenvalue weighted by Gasteiger charge is -2.17. The summed E-state index contributed by atoms with van der Waals surface area (Å²) in [5.41, 5.74) is 3.55. The number of fused-ring (bicyclic) bond motifs is 1. The Balaban J connectivity index is 1.81. The minimum Gasteiger partial charge on any atom is -0.496 e. The fourth-order valence-electron chi connectivity index (χ4n) is 3.04. The zero-order chi connectivity index (χ0) is 17.3. The van der Waals surface area contributed by atoms with Gasteiger partial charge in [-0.05, 0) is 25.0 Å². The standard InChI is InChI=1S/C19H23N3O2/c1-12(2)8-18-20-9-14-10-22(11-16(14)21-18)19(23)15-6-5-7-17(24-4)13(15)3/h5-7,9,12H,8,10-11H2,1-4H3. The zero-order valence-electron chi connectivity index (χ0n) is 14.7. The van der Waals surface area contributed by atoms with Gasteiger partial charge in [0.1, 0.15) is 11.6 Å². The van der Waals surface area contributed by atoms with Gasteiger partial charge in [-0.2, -0.15) is 0 Å². The SMILES string of the molecule is COc1cccc(C(=O)N2Cc3cnc(CC(C)C)nc3C2)c1C. The lowest BCUT2D eigenvalue weighted by molar-refractivity contribution is 0.0749. The number of ether oxygens (including phenoxy) is 1. The van der Waals surface area contributed by atoms with E-state index in [0.717, 1.165) is 34.8 Å². The highest BCUT2D eigenvalue weighted by atomic mass is 16.5. The Hall–Kier alpha value is -2.43. The van der Waals surface area contributed by atoms with E-state index in [1.165, 1.54) is 0 Å². The molecule has 1 aromatic carbocycles. The van der Waals surface area contributed by atoms with E-state index in [0.29, 0.717) is 24.6 Å². The molecule has 24 heavy (non-hydrogen) atoms. The predicted molar refractivity (Wildman–Crippen MR) is 91.9 cm³/mol. The quantitative estimate of drug-likeness (QED) is 0.866. The van der Waals surface area contributed by atoms with Crippen molar-refractivity contribution < 1.29 is 9.53 Å². The van der Waals surface area contributed by atoms with E-state index in [1.807, 2.05) is 36.2 Å². The van der Waals surface area contributed by atoms with Crippen LogP contribution >= 0.6 is 0 Å². The molecule has 0 spiro atoms. The highest BCUT2D eigenvalue weighted by molar-refractivity contribution is 5.96. The molecule has 0 radical (unpaired) electrons. The van der Waals surface area contributed by atoms with Gasteiger partial charge in [0.15, 0.2) is 0 Å². The van der Waals surface area contributed by atoms with Crippen molar-refractivity contribution in [2.75, 3.05) is 7.11 Å². The van der Waals surface area contributed by atoms with Crippen molar-refractivity contribution in [2.45, 2.75) is 40.3 Å². The number of benzene rings is 1. The average Bonchev–Trinajstić information content (AvgIpc) is 2.97. The molecule has 1 amide bonds. The average molecular weight is 325 g/mol. The summed E-state index contributed by atoms with van der Waals surface area (Å²) < 4.78 is 5.32. The van der Waals surface area contributed by atoms with Gasteiger partial charge in [0.2, 0.25) is 0 Å². The van der Waals surface area contributed by atoms with E-state index in [-0.39, 0.29) is 5.91 Å². The first kappa shape index (κ1) is 16.4. The van der Waals surface area contributed by atoms with Gasteiger partial charge in [0.25, 0.3) is 5.91 Å². The molecule has 0 unspecified atom stereocenters. The maximum atomic E-state index is 12.9. The summed E-state index contributed by atoms with van der Waals surface area (Å²) in [6.45, 7) is 7.32. The molecule has 1 aromatic heterocycles. The second kappa shape index (κ2) is 6.59. The van der Waals surface area contributed by atoms with Crippen LogP contribution in [0.4, 0.5) is 0 Å². The Labute approximate surface area is 142 Å². The van der Waals surface area contributed by atoms with Gasteiger partial charge in [0.05, 0.1) is 19.3 Å². The molecule has 0 N–H and O–H groups in total. The Morgan fingerprint density at radius 3 is 2.83 bits per heavy atom. The third-order valence-electron chi connectivity index (χ3n) is 4.32. The van der Waals surface area contributed by atoms with Crippen LogP contribution in [-0.4, -0.2) is 27.9 Å². The molecule has 0 saturated heterocycles. The largest absolute Gasteiger partial charge is 0.496 e. The van der Waals surface area contributed by atoms with E-state index < -0.39 is 0 Å². The van der Waals surface area contributed by atoms with Crippen molar-refractivity contribution in [2.24, 2.45) is 5.92 Å². The molecular formula is C19H23N3O2. The highest BCUT2D eigenvalue weighted by Crippen LogP contribution is 2.26. The molecule has 0 fully saturated rings. The van der Waals surface area contributed by atoms with E-state index in [2.05, 4.69) is 23.8 Å². The number of rotatable bonds is 4. The van der Waals surface area contributed by atoms with Crippen LogP contribution in [0.2, 0.25) is 0 Å². The molecule has 2 heterocycles. The molecule has 0 aliphatic carbocycles. The number of carbonyl (C=O) groups excluding carboxylic acids is 1. The summed E-state index contributed by atoms with van der Waals surface area (Å²) in [4.78, 5) is 23.8. The second-order valence-corrected chi connectivity index (χ2v) is 6.65. The summed E-state index contributed by atoms with van der Waals surface area (Å²) in [6, 6.07) is 5.57. The number of methoxy groups -OCH3 is 1. The maximum absolute atomic E-state index is 12.9. The number of hydrogen-bond acceptors (Lipinski definition) is 4. The molecule has 0 saturated carbocycles. The normalized spacial score (nSPS) is 13.3. The first-order valence-corrected chi connectivity index (χ1v) is 8.26. The summed E-state index contributed by atoms with van der Waals surface area (Å²) in [5, 5.41) is 0. The van der Waals surface area contributed by atoms with Gasteiger partial charge in [-0.25, -0.2) is 9.97 Å². The third-order valence-corrected chi connectivity index (χ3v) is 4.32. The molecule has 2 aromatic rings. The Morgan fingerprint density at radius 1 is 1.33 bits per heavy atom. The number of aromatic nitrogens is 2. The summed E-state index contributed by atoms with van der Waals surface area (Å²) in [6.07, 6.45) is 2.72. The van der Waals surface area contributed by atoms with Crippen molar-refractivity contribution in [1.29, 1.82) is 0 Å². The van der Waals surface area contributed by atoms with Crippen LogP contribution in [0.3, 0.4) is 0 Å². The topological polar surface area (TPSA) is 55.3 Å². The molecule has 0 bridgehead atoms. The van der Waals surface area contributed by atoms with Crippen LogP contribution in [-0.2, 0) is 19.5 Å². The predicted octanol–water partition coefficient (Wildman–Crippen LogP) is 3.15. The van der Waals surface area contributed by atoms with Crippen LogP contribution in [0.5, 0.6) is 5.75 Å². The Morgan fingerprint density at radius 2 is 2.12 bits per heavy atom. The fourth-order valence-corrected chi connectivity index (χ4v) is 3.04. The van der Waals surface area contributed by atoms with E-state index in [1.54, 1.807) is 7.11 Å². The molecular weight excluding hydrogens is 302 g/mol.